The second kappa shape index (κ2) is 6.97. The van der Waals surface area contributed by atoms with Crippen molar-refractivity contribution in [1.29, 1.82) is 0 Å². The van der Waals surface area contributed by atoms with E-state index in [2.05, 4.69) is 27.5 Å². The summed E-state index contributed by atoms with van der Waals surface area (Å²) in [7, 11) is 0. The van der Waals surface area contributed by atoms with Gasteiger partial charge in [0.25, 0.3) is 0 Å². The van der Waals surface area contributed by atoms with E-state index in [-0.39, 0.29) is 11.6 Å². The SMILES string of the molecule is O=C(CCCN1CCCCC1)C1(I)C=CC(F)=CC1. The van der Waals surface area contributed by atoms with Crippen LogP contribution in [0.25, 0.3) is 0 Å². The van der Waals surface area contributed by atoms with Crippen LogP contribution < -0.4 is 0 Å². The minimum absolute atomic E-state index is 0.227. The number of carbonyl (C=O) groups excluding carboxylic acids is 1. The Labute approximate surface area is 128 Å². The first kappa shape index (κ1) is 15.2. The summed E-state index contributed by atoms with van der Waals surface area (Å²) in [6.45, 7) is 3.38. The number of Topliss-reactive ketones (excluding diaryl/α,β-unsaturated/α-hetero) is 1. The maximum atomic E-state index is 12.9. The molecule has 1 unspecified atom stereocenters. The first-order valence-corrected chi connectivity index (χ1v) is 8.17. The number of hydrogen-bond acceptors (Lipinski definition) is 2. The van der Waals surface area contributed by atoms with E-state index in [0.29, 0.717) is 12.8 Å². The second-order valence-corrected chi connectivity index (χ2v) is 7.34. The molecule has 0 bridgehead atoms. The second-order valence-electron chi connectivity index (χ2n) is 5.42. The van der Waals surface area contributed by atoms with Crippen LogP contribution in [0.2, 0.25) is 0 Å². The van der Waals surface area contributed by atoms with E-state index < -0.39 is 3.42 Å². The molecule has 0 radical (unpaired) electrons. The number of alkyl halides is 1. The normalized spacial score (nSPS) is 28.2. The predicted octanol–water partition coefficient (Wildman–Crippen LogP) is 3.81. The molecule has 0 spiro atoms. The Morgan fingerprint density at radius 1 is 1.37 bits per heavy atom. The summed E-state index contributed by atoms with van der Waals surface area (Å²) in [5, 5.41) is 0. The van der Waals surface area contributed by atoms with Crippen molar-refractivity contribution >= 4 is 28.4 Å². The highest BCUT2D eigenvalue weighted by Gasteiger charge is 2.32. The van der Waals surface area contributed by atoms with Gasteiger partial charge < -0.3 is 4.90 Å². The Morgan fingerprint density at radius 2 is 2.11 bits per heavy atom. The highest BCUT2D eigenvalue weighted by molar-refractivity contribution is 14.1. The Bertz CT molecular complexity index is 388. The monoisotopic (exact) mass is 377 g/mol. The molecule has 1 fully saturated rings. The zero-order valence-corrected chi connectivity index (χ0v) is 13.4. The largest absolute Gasteiger partial charge is 0.303 e. The minimum Gasteiger partial charge on any atom is -0.303 e. The van der Waals surface area contributed by atoms with Crippen molar-refractivity contribution in [3.8, 4) is 0 Å². The van der Waals surface area contributed by atoms with Crippen LogP contribution in [-0.4, -0.2) is 33.7 Å². The van der Waals surface area contributed by atoms with Gasteiger partial charge in [0.2, 0.25) is 0 Å². The van der Waals surface area contributed by atoms with Gasteiger partial charge in [0, 0.05) is 6.42 Å². The first-order chi connectivity index (χ1) is 9.10. The fourth-order valence-electron chi connectivity index (χ4n) is 2.65. The number of ketones is 1. The fraction of sp³-hybridized carbons (Fsp3) is 0.667. The van der Waals surface area contributed by atoms with Crippen LogP contribution in [0.15, 0.2) is 24.1 Å². The third-order valence-corrected chi connectivity index (χ3v) is 5.29. The lowest BCUT2D eigenvalue weighted by atomic mass is 9.93. The molecule has 0 N–H and O–H groups in total. The van der Waals surface area contributed by atoms with Crippen LogP contribution in [0.1, 0.15) is 38.5 Å². The van der Waals surface area contributed by atoms with E-state index in [1.165, 1.54) is 44.5 Å². The molecule has 1 heterocycles. The summed E-state index contributed by atoms with van der Waals surface area (Å²) in [4.78, 5) is 14.7. The van der Waals surface area contributed by atoms with Crippen molar-refractivity contribution in [3.63, 3.8) is 0 Å². The molecule has 1 aliphatic heterocycles. The average molecular weight is 377 g/mol. The quantitative estimate of drug-likeness (QED) is 0.537. The third-order valence-electron chi connectivity index (χ3n) is 3.89. The van der Waals surface area contributed by atoms with Crippen molar-refractivity contribution in [2.75, 3.05) is 19.6 Å². The summed E-state index contributed by atoms with van der Waals surface area (Å²) >= 11 is 2.16. The molecule has 106 valence electrons. The van der Waals surface area contributed by atoms with E-state index >= 15 is 0 Å². The zero-order valence-electron chi connectivity index (χ0n) is 11.2. The van der Waals surface area contributed by atoms with Gasteiger partial charge in [-0.05, 0) is 57.5 Å². The lowest BCUT2D eigenvalue weighted by Crippen LogP contribution is -2.33. The van der Waals surface area contributed by atoms with Gasteiger partial charge in [-0.3, -0.25) is 4.79 Å². The van der Waals surface area contributed by atoms with Crippen LogP contribution in [0, 0.1) is 0 Å². The van der Waals surface area contributed by atoms with Gasteiger partial charge >= 0.3 is 0 Å². The highest BCUT2D eigenvalue weighted by atomic mass is 127. The molecule has 0 aromatic carbocycles. The maximum Gasteiger partial charge on any atom is 0.152 e. The number of nitrogens with zero attached hydrogens (tertiary/aromatic N) is 1. The summed E-state index contributed by atoms with van der Waals surface area (Å²) < 4.78 is 12.4. The van der Waals surface area contributed by atoms with Gasteiger partial charge in [0.05, 0.1) is 0 Å². The summed E-state index contributed by atoms with van der Waals surface area (Å²) in [6, 6.07) is 0. The highest BCUT2D eigenvalue weighted by Crippen LogP contribution is 2.33. The molecule has 4 heteroatoms. The Morgan fingerprint density at radius 3 is 2.74 bits per heavy atom. The van der Waals surface area contributed by atoms with E-state index in [1.54, 1.807) is 6.08 Å². The number of allylic oxidation sites excluding steroid dienone is 4. The van der Waals surface area contributed by atoms with Crippen molar-refractivity contribution in [2.24, 2.45) is 0 Å². The van der Waals surface area contributed by atoms with Gasteiger partial charge in [0.15, 0.2) is 5.78 Å². The van der Waals surface area contributed by atoms with Crippen molar-refractivity contribution < 1.29 is 9.18 Å². The minimum atomic E-state index is -0.519. The molecule has 1 saturated heterocycles. The van der Waals surface area contributed by atoms with Crippen LogP contribution in [0.3, 0.4) is 0 Å². The van der Waals surface area contributed by atoms with Gasteiger partial charge in [-0.15, -0.1) is 0 Å². The molecule has 2 nitrogen and oxygen atoms in total. The average Bonchev–Trinajstić information content (AvgIpc) is 2.43. The molecule has 0 aromatic heterocycles. The van der Waals surface area contributed by atoms with Gasteiger partial charge in [-0.2, -0.15) is 0 Å². The lowest BCUT2D eigenvalue weighted by molar-refractivity contribution is -0.120. The summed E-state index contributed by atoms with van der Waals surface area (Å²) in [5.41, 5.74) is 0. The van der Waals surface area contributed by atoms with E-state index in [0.717, 1.165) is 13.0 Å². The molecule has 0 aromatic rings. The number of piperidine rings is 1. The Hall–Kier alpha value is -0.230. The number of carbonyl (C=O) groups is 1. The number of likely N-dealkylation sites (tertiary alicyclic amines) is 1. The zero-order chi connectivity index (χ0) is 13.7. The fourth-order valence-corrected chi connectivity index (χ4v) is 3.32. The number of halogens is 2. The predicted molar refractivity (Wildman–Crippen MR) is 84.2 cm³/mol. The molecule has 2 rings (SSSR count). The molecule has 2 aliphatic rings. The molecule has 1 aliphatic carbocycles. The molecular weight excluding hydrogens is 356 g/mol. The molecule has 0 amide bonds. The summed E-state index contributed by atoms with van der Waals surface area (Å²) in [5.74, 6) is -0.00137. The van der Waals surface area contributed by atoms with Crippen LogP contribution in [0.4, 0.5) is 4.39 Å². The maximum absolute atomic E-state index is 12.9. The van der Waals surface area contributed by atoms with E-state index in [9.17, 15) is 9.18 Å². The van der Waals surface area contributed by atoms with Crippen molar-refractivity contribution in [2.45, 2.75) is 41.9 Å². The van der Waals surface area contributed by atoms with Gasteiger partial charge in [0.1, 0.15) is 9.25 Å². The Balaban J connectivity index is 1.73. The summed E-state index contributed by atoms with van der Waals surface area (Å²) in [6.07, 6.45) is 10.6. The molecule has 1 atom stereocenters. The van der Waals surface area contributed by atoms with Crippen molar-refractivity contribution in [1.82, 2.24) is 4.90 Å². The Kier molecular flexibility index (Phi) is 5.57. The van der Waals surface area contributed by atoms with Gasteiger partial charge in [-0.25, -0.2) is 4.39 Å². The number of hydrogen-bond donors (Lipinski definition) is 0. The van der Waals surface area contributed by atoms with Crippen LogP contribution >= 0.6 is 22.6 Å². The standard InChI is InChI=1S/C15H21FINO/c16-13-6-8-15(17,9-7-13)14(19)5-4-12-18-10-2-1-3-11-18/h6-8H,1-5,9-12H2. The molecule has 0 saturated carbocycles. The van der Waals surface area contributed by atoms with Crippen LogP contribution in [0.5, 0.6) is 0 Å². The molecule has 19 heavy (non-hydrogen) atoms. The van der Waals surface area contributed by atoms with Crippen molar-refractivity contribution in [3.05, 3.63) is 24.1 Å². The third kappa shape index (κ3) is 4.38. The van der Waals surface area contributed by atoms with E-state index in [4.69, 9.17) is 0 Å². The van der Waals surface area contributed by atoms with Crippen LogP contribution in [-0.2, 0) is 4.79 Å². The van der Waals surface area contributed by atoms with Gasteiger partial charge in [-0.1, -0.05) is 35.1 Å². The number of rotatable bonds is 5. The van der Waals surface area contributed by atoms with E-state index in [1.807, 2.05) is 0 Å². The smallest absolute Gasteiger partial charge is 0.152 e. The first-order valence-electron chi connectivity index (χ1n) is 7.10. The molecular formula is C15H21FINO. The lowest BCUT2D eigenvalue weighted by Gasteiger charge is -2.27. The topological polar surface area (TPSA) is 20.3 Å².